The maximum Gasteiger partial charge on any atom is 0.273 e. The van der Waals surface area contributed by atoms with E-state index in [4.69, 9.17) is 4.74 Å². The molecule has 0 fully saturated rings. The van der Waals surface area contributed by atoms with Gasteiger partial charge in [0.1, 0.15) is 16.5 Å². The summed E-state index contributed by atoms with van der Waals surface area (Å²) in [5, 5.41) is 6.76. The van der Waals surface area contributed by atoms with Gasteiger partial charge in [0.05, 0.1) is 6.61 Å². The molecule has 1 aromatic carbocycles. The van der Waals surface area contributed by atoms with E-state index in [-0.39, 0.29) is 5.91 Å². The summed E-state index contributed by atoms with van der Waals surface area (Å²) in [6.07, 6.45) is 0. The molecule has 0 N–H and O–H groups in total. The predicted octanol–water partition coefficient (Wildman–Crippen LogP) is 4.54. The van der Waals surface area contributed by atoms with E-state index in [1.54, 1.807) is 23.3 Å². The summed E-state index contributed by atoms with van der Waals surface area (Å²) >= 11 is 3.12. The lowest BCUT2D eigenvalue weighted by Gasteiger charge is -2.16. The van der Waals surface area contributed by atoms with Gasteiger partial charge in [0, 0.05) is 29.9 Å². The van der Waals surface area contributed by atoms with Crippen LogP contribution in [0.1, 0.15) is 23.0 Å². The molecule has 0 bridgehead atoms. The third-order valence-electron chi connectivity index (χ3n) is 3.49. The number of aromatic nitrogens is 1. The molecule has 2 aromatic heterocycles. The molecule has 3 rings (SSSR count). The van der Waals surface area contributed by atoms with Crippen molar-refractivity contribution in [3.63, 3.8) is 0 Å². The van der Waals surface area contributed by atoms with E-state index in [9.17, 15) is 4.79 Å². The molecule has 2 heterocycles. The third kappa shape index (κ3) is 3.83. The summed E-state index contributed by atoms with van der Waals surface area (Å²) < 4.78 is 5.43. The lowest BCUT2D eigenvalue weighted by atomic mass is 10.2. The highest BCUT2D eigenvalue weighted by Gasteiger charge is 2.16. The Kier molecular flexibility index (Phi) is 5.27. The molecular weight excluding hydrogens is 340 g/mol. The molecule has 0 aliphatic carbocycles. The number of hydrogen-bond donors (Lipinski definition) is 0. The first-order valence-corrected chi connectivity index (χ1v) is 9.45. The molecule has 4 nitrogen and oxygen atoms in total. The van der Waals surface area contributed by atoms with Crippen LogP contribution >= 0.6 is 22.7 Å². The Morgan fingerprint density at radius 2 is 2.00 bits per heavy atom. The zero-order valence-electron chi connectivity index (χ0n) is 13.6. The van der Waals surface area contributed by atoms with E-state index in [1.165, 1.54) is 11.3 Å². The smallest absolute Gasteiger partial charge is 0.273 e. The number of carbonyl (C=O) groups excluding carboxylic acids is 1. The number of rotatable bonds is 6. The molecule has 24 heavy (non-hydrogen) atoms. The minimum Gasteiger partial charge on any atom is -0.494 e. The minimum absolute atomic E-state index is 0.0679. The molecule has 0 unspecified atom stereocenters. The quantitative estimate of drug-likeness (QED) is 0.649. The number of hydrogen-bond acceptors (Lipinski definition) is 5. The second kappa shape index (κ2) is 7.59. The average molecular weight is 358 g/mol. The van der Waals surface area contributed by atoms with Gasteiger partial charge in [-0.05, 0) is 36.1 Å². The molecule has 0 aliphatic rings. The average Bonchev–Trinajstić information content (AvgIpc) is 3.27. The Morgan fingerprint density at radius 3 is 2.67 bits per heavy atom. The van der Waals surface area contributed by atoms with Crippen LogP contribution in [0.3, 0.4) is 0 Å². The van der Waals surface area contributed by atoms with Gasteiger partial charge in [-0.2, -0.15) is 11.3 Å². The topological polar surface area (TPSA) is 42.4 Å². The summed E-state index contributed by atoms with van der Waals surface area (Å²) in [6, 6.07) is 9.82. The second-order valence-corrected chi connectivity index (χ2v) is 6.93. The van der Waals surface area contributed by atoms with Crippen molar-refractivity contribution in [2.75, 3.05) is 13.7 Å². The Hall–Kier alpha value is -2.18. The largest absolute Gasteiger partial charge is 0.494 e. The minimum atomic E-state index is -0.0679. The van der Waals surface area contributed by atoms with Crippen molar-refractivity contribution in [2.24, 2.45) is 0 Å². The first-order chi connectivity index (χ1) is 11.7. The monoisotopic (exact) mass is 358 g/mol. The third-order valence-corrected chi connectivity index (χ3v) is 5.07. The van der Waals surface area contributed by atoms with Gasteiger partial charge >= 0.3 is 0 Å². The molecule has 0 aliphatic heterocycles. The van der Waals surface area contributed by atoms with Crippen molar-refractivity contribution in [2.45, 2.75) is 13.5 Å². The molecule has 6 heteroatoms. The maximum atomic E-state index is 12.5. The summed E-state index contributed by atoms with van der Waals surface area (Å²) in [5.74, 6) is 0.775. The molecule has 0 atom stereocenters. The van der Waals surface area contributed by atoms with Gasteiger partial charge in [-0.3, -0.25) is 4.79 Å². The van der Waals surface area contributed by atoms with Gasteiger partial charge in [0.15, 0.2) is 0 Å². The summed E-state index contributed by atoms with van der Waals surface area (Å²) in [5.41, 5.74) is 2.62. The molecule has 0 spiro atoms. The lowest BCUT2D eigenvalue weighted by molar-refractivity contribution is 0.0780. The molecule has 0 radical (unpaired) electrons. The van der Waals surface area contributed by atoms with Gasteiger partial charge < -0.3 is 9.64 Å². The molecule has 0 saturated carbocycles. The fourth-order valence-corrected chi connectivity index (χ4v) is 3.80. The maximum absolute atomic E-state index is 12.5. The van der Waals surface area contributed by atoms with E-state index in [2.05, 4.69) is 4.98 Å². The zero-order chi connectivity index (χ0) is 16.9. The van der Waals surface area contributed by atoms with Gasteiger partial charge in [0.25, 0.3) is 5.91 Å². The molecular formula is C18H18N2O2S2. The van der Waals surface area contributed by atoms with E-state index in [1.807, 2.05) is 53.4 Å². The summed E-state index contributed by atoms with van der Waals surface area (Å²) in [6.45, 7) is 3.14. The highest BCUT2D eigenvalue weighted by molar-refractivity contribution is 7.14. The number of ether oxygens (including phenoxy) is 1. The Bertz CT molecular complexity index is 795. The Balaban J connectivity index is 1.66. The lowest BCUT2D eigenvalue weighted by Crippen LogP contribution is -2.26. The SMILES string of the molecule is CCOc1ccc(CN(C)C(=O)c2csc(-c3ccsc3)n2)cc1. The van der Waals surface area contributed by atoms with Crippen LogP contribution in [0.15, 0.2) is 46.5 Å². The molecule has 1 amide bonds. The highest BCUT2D eigenvalue weighted by atomic mass is 32.1. The van der Waals surface area contributed by atoms with Gasteiger partial charge in [-0.1, -0.05) is 12.1 Å². The normalized spacial score (nSPS) is 10.6. The number of thiophene rings is 1. The number of nitrogens with zero attached hydrogens (tertiary/aromatic N) is 2. The Morgan fingerprint density at radius 1 is 1.21 bits per heavy atom. The summed E-state index contributed by atoms with van der Waals surface area (Å²) in [4.78, 5) is 18.7. The van der Waals surface area contributed by atoms with Crippen LogP contribution in [0.25, 0.3) is 10.6 Å². The van der Waals surface area contributed by atoms with Crippen molar-refractivity contribution in [1.82, 2.24) is 9.88 Å². The standard InChI is InChI=1S/C18H18N2O2S2/c1-3-22-15-6-4-13(5-7-15)10-20(2)18(21)16-12-24-17(19-16)14-8-9-23-11-14/h4-9,11-12H,3,10H2,1-2H3. The molecule has 124 valence electrons. The van der Waals surface area contributed by atoms with Crippen molar-refractivity contribution >= 4 is 28.6 Å². The van der Waals surface area contributed by atoms with Gasteiger partial charge in [-0.25, -0.2) is 4.98 Å². The predicted molar refractivity (Wildman–Crippen MR) is 98.8 cm³/mol. The fourth-order valence-electron chi connectivity index (χ4n) is 2.29. The van der Waals surface area contributed by atoms with Crippen molar-refractivity contribution in [1.29, 1.82) is 0 Å². The van der Waals surface area contributed by atoms with E-state index in [0.717, 1.165) is 21.9 Å². The van der Waals surface area contributed by atoms with Gasteiger partial charge in [-0.15, -0.1) is 11.3 Å². The number of benzene rings is 1. The van der Waals surface area contributed by atoms with Crippen LogP contribution in [0.5, 0.6) is 5.75 Å². The molecule has 0 saturated heterocycles. The van der Waals surface area contributed by atoms with E-state index >= 15 is 0 Å². The van der Waals surface area contributed by atoms with Crippen molar-refractivity contribution in [3.05, 3.63) is 57.7 Å². The van der Waals surface area contributed by atoms with Crippen LogP contribution in [0, 0.1) is 0 Å². The zero-order valence-corrected chi connectivity index (χ0v) is 15.2. The van der Waals surface area contributed by atoms with Crippen LogP contribution in [0.2, 0.25) is 0 Å². The highest BCUT2D eigenvalue weighted by Crippen LogP contribution is 2.26. The van der Waals surface area contributed by atoms with Crippen molar-refractivity contribution < 1.29 is 9.53 Å². The van der Waals surface area contributed by atoms with Crippen LogP contribution < -0.4 is 4.74 Å². The second-order valence-electron chi connectivity index (χ2n) is 5.29. The first-order valence-electron chi connectivity index (χ1n) is 7.62. The number of amides is 1. The van der Waals surface area contributed by atoms with Gasteiger partial charge in [0.2, 0.25) is 0 Å². The van der Waals surface area contributed by atoms with Crippen LogP contribution in [0.4, 0.5) is 0 Å². The van der Waals surface area contributed by atoms with Crippen LogP contribution in [-0.2, 0) is 6.54 Å². The molecule has 3 aromatic rings. The number of carbonyl (C=O) groups is 1. The van der Waals surface area contributed by atoms with Crippen molar-refractivity contribution in [3.8, 4) is 16.3 Å². The first kappa shape index (κ1) is 16.7. The number of thiazole rings is 1. The van der Waals surface area contributed by atoms with Crippen LogP contribution in [-0.4, -0.2) is 29.4 Å². The fraction of sp³-hybridized carbons (Fsp3) is 0.222. The Labute approximate surface area is 149 Å². The van der Waals surface area contributed by atoms with E-state index in [0.29, 0.717) is 18.8 Å². The summed E-state index contributed by atoms with van der Waals surface area (Å²) in [7, 11) is 1.79. The van der Waals surface area contributed by atoms with E-state index < -0.39 is 0 Å².